The van der Waals surface area contributed by atoms with Gasteiger partial charge in [0, 0.05) is 27.8 Å². The van der Waals surface area contributed by atoms with Crippen molar-refractivity contribution in [2.75, 3.05) is 19.1 Å². The molecule has 0 saturated heterocycles. The van der Waals surface area contributed by atoms with E-state index in [4.69, 9.17) is 18.9 Å². The van der Waals surface area contributed by atoms with E-state index in [1.54, 1.807) is 23.7 Å². The maximum atomic E-state index is 13.6. The number of nitrogens with zero attached hydrogens (tertiary/aromatic N) is 2. The van der Waals surface area contributed by atoms with E-state index in [0.717, 1.165) is 27.7 Å². The Morgan fingerprint density at radius 1 is 0.875 bits per heavy atom. The van der Waals surface area contributed by atoms with Crippen LogP contribution in [0.3, 0.4) is 0 Å². The summed E-state index contributed by atoms with van der Waals surface area (Å²) in [5.41, 5.74) is 2.78. The maximum Gasteiger partial charge on any atom is 0.419 e. The molecule has 0 fully saturated rings. The highest BCUT2D eigenvalue weighted by molar-refractivity contribution is 6.00. The number of carbonyl (C=O) groups is 2. The number of fused-ring (bicyclic) bond motifs is 5. The predicted octanol–water partition coefficient (Wildman–Crippen LogP) is 7.14. The summed E-state index contributed by atoms with van der Waals surface area (Å²) in [5.74, 6) is 1.34. The van der Waals surface area contributed by atoms with Gasteiger partial charge >= 0.3 is 12.2 Å². The second-order valence-corrected chi connectivity index (χ2v) is 12.5. The summed E-state index contributed by atoms with van der Waals surface area (Å²) in [4.78, 5) is 28.7. The van der Waals surface area contributed by atoms with Crippen molar-refractivity contribution in [1.29, 1.82) is 0 Å². The number of anilines is 1. The van der Waals surface area contributed by atoms with Crippen LogP contribution in [0.1, 0.15) is 64.8 Å². The van der Waals surface area contributed by atoms with E-state index in [2.05, 4.69) is 6.58 Å². The SMILES string of the molecule is C=C1N(C(=O)OC(C)(C)C)c2cccc(OC)c2C12CCc1c(c3c(OC)cccc3n1C(=O)OC(C)(C)C)C2. The third kappa shape index (κ3) is 4.30. The highest BCUT2D eigenvalue weighted by atomic mass is 16.6. The summed E-state index contributed by atoms with van der Waals surface area (Å²) in [6.45, 7) is 15.6. The molecule has 1 aromatic heterocycles. The van der Waals surface area contributed by atoms with Gasteiger partial charge in [-0.1, -0.05) is 18.7 Å². The third-order valence-electron chi connectivity index (χ3n) is 7.57. The molecule has 212 valence electrons. The van der Waals surface area contributed by atoms with Crippen molar-refractivity contribution >= 4 is 28.8 Å². The van der Waals surface area contributed by atoms with Crippen molar-refractivity contribution in [2.24, 2.45) is 0 Å². The smallest absolute Gasteiger partial charge is 0.419 e. The second-order valence-electron chi connectivity index (χ2n) is 12.5. The van der Waals surface area contributed by atoms with E-state index in [1.807, 2.05) is 77.9 Å². The molecule has 2 heterocycles. The number of amides is 1. The number of rotatable bonds is 2. The van der Waals surface area contributed by atoms with Gasteiger partial charge in [0.1, 0.15) is 22.7 Å². The van der Waals surface area contributed by atoms with Gasteiger partial charge in [-0.25, -0.2) is 19.1 Å². The molecule has 2 aromatic carbocycles. The van der Waals surface area contributed by atoms with Gasteiger partial charge in [0.15, 0.2) is 0 Å². The number of aromatic nitrogens is 1. The number of hydrogen-bond donors (Lipinski definition) is 0. The summed E-state index contributed by atoms with van der Waals surface area (Å²) in [6.07, 6.45) is 0.725. The van der Waals surface area contributed by atoms with Crippen molar-refractivity contribution in [1.82, 2.24) is 4.57 Å². The molecule has 40 heavy (non-hydrogen) atoms. The Labute approximate surface area is 235 Å². The molecule has 8 heteroatoms. The van der Waals surface area contributed by atoms with Gasteiger partial charge in [-0.15, -0.1) is 0 Å². The monoisotopic (exact) mass is 546 g/mol. The zero-order valence-electron chi connectivity index (χ0n) is 24.6. The quantitative estimate of drug-likeness (QED) is 0.340. The van der Waals surface area contributed by atoms with Gasteiger partial charge in [0.2, 0.25) is 0 Å². The molecule has 1 spiro atoms. The van der Waals surface area contributed by atoms with Crippen molar-refractivity contribution in [3.8, 4) is 11.5 Å². The van der Waals surface area contributed by atoms with Crippen LogP contribution >= 0.6 is 0 Å². The van der Waals surface area contributed by atoms with Crippen LogP contribution in [-0.4, -0.2) is 42.2 Å². The lowest BCUT2D eigenvalue weighted by atomic mass is 9.67. The molecule has 8 nitrogen and oxygen atoms in total. The fourth-order valence-electron chi connectivity index (χ4n) is 6.13. The van der Waals surface area contributed by atoms with Crippen LogP contribution in [0.15, 0.2) is 48.7 Å². The summed E-state index contributed by atoms with van der Waals surface area (Å²) >= 11 is 0. The van der Waals surface area contributed by atoms with E-state index >= 15 is 0 Å². The number of ether oxygens (including phenoxy) is 4. The molecule has 5 rings (SSSR count). The highest BCUT2D eigenvalue weighted by Crippen LogP contribution is 2.58. The topological polar surface area (TPSA) is 79.2 Å². The zero-order valence-corrected chi connectivity index (χ0v) is 24.6. The normalized spacial score (nSPS) is 18.5. The minimum atomic E-state index is -0.680. The Balaban J connectivity index is 1.73. The number of hydrogen-bond acceptors (Lipinski definition) is 6. The highest BCUT2D eigenvalue weighted by Gasteiger charge is 2.53. The van der Waals surface area contributed by atoms with Crippen LogP contribution < -0.4 is 14.4 Å². The van der Waals surface area contributed by atoms with Crippen molar-refractivity contribution in [3.63, 3.8) is 0 Å². The molecule has 0 radical (unpaired) electrons. The summed E-state index contributed by atoms with van der Waals surface area (Å²) in [6, 6.07) is 11.4. The van der Waals surface area contributed by atoms with Gasteiger partial charge in [-0.2, -0.15) is 0 Å². The largest absolute Gasteiger partial charge is 0.496 e. The summed E-state index contributed by atoms with van der Waals surface area (Å²) in [5, 5.41) is 0.852. The summed E-state index contributed by atoms with van der Waals surface area (Å²) < 4.78 is 25.0. The first kappa shape index (κ1) is 27.6. The molecule has 0 bridgehead atoms. The first-order valence-corrected chi connectivity index (χ1v) is 13.5. The van der Waals surface area contributed by atoms with Gasteiger partial charge in [-0.3, -0.25) is 0 Å². The Kier molecular flexibility index (Phi) is 6.44. The minimum Gasteiger partial charge on any atom is -0.496 e. The predicted molar refractivity (Wildman–Crippen MR) is 155 cm³/mol. The van der Waals surface area contributed by atoms with Crippen LogP contribution in [0.25, 0.3) is 10.9 Å². The standard InChI is InChI=1S/C32H38N2O6/c1-19-32(27-23(13-11-15-25(27)38-9)33(19)28(35)39-30(2,3)4)17-16-21-20(18-32)26-22(12-10-14-24(26)37-8)34(21)29(36)40-31(5,6)7/h10-15H,1,16-18H2,2-9H3. The summed E-state index contributed by atoms with van der Waals surface area (Å²) in [7, 11) is 3.26. The van der Waals surface area contributed by atoms with Gasteiger partial charge < -0.3 is 18.9 Å². The number of benzene rings is 2. The average molecular weight is 547 g/mol. The molecule has 0 N–H and O–H groups in total. The first-order valence-electron chi connectivity index (χ1n) is 13.5. The molecule has 1 atom stereocenters. The Morgan fingerprint density at radius 2 is 1.48 bits per heavy atom. The lowest BCUT2D eigenvalue weighted by molar-refractivity contribution is 0.0537. The van der Waals surface area contributed by atoms with Crippen LogP contribution in [0.4, 0.5) is 15.3 Å². The van der Waals surface area contributed by atoms with Gasteiger partial charge in [0.25, 0.3) is 0 Å². The molecular formula is C32H38N2O6. The number of methoxy groups -OCH3 is 2. The van der Waals surface area contributed by atoms with Crippen LogP contribution in [0.2, 0.25) is 0 Å². The molecule has 1 amide bonds. The minimum absolute atomic E-state index is 0.429. The molecule has 1 aliphatic heterocycles. The maximum absolute atomic E-state index is 13.6. The zero-order chi connectivity index (χ0) is 29.2. The Hall–Kier alpha value is -3.94. The Bertz CT molecular complexity index is 1540. The van der Waals surface area contributed by atoms with E-state index in [9.17, 15) is 9.59 Å². The van der Waals surface area contributed by atoms with Crippen LogP contribution in [0, 0.1) is 0 Å². The van der Waals surface area contributed by atoms with E-state index in [-0.39, 0.29) is 0 Å². The number of carbonyl (C=O) groups excluding carboxylic acids is 2. The lowest BCUT2D eigenvalue weighted by Gasteiger charge is -2.37. The van der Waals surface area contributed by atoms with Gasteiger partial charge in [-0.05, 0) is 90.6 Å². The molecule has 1 unspecified atom stereocenters. The van der Waals surface area contributed by atoms with Gasteiger partial charge in [0.05, 0.1) is 25.4 Å². The third-order valence-corrected chi connectivity index (χ3v) is 7.57. The van der Waals surface area contributed by atoms with Crippen molar-refractivity contribution in [3.05, 3.63) is 65.5 Å². The molecule has 0 saturated carbocycles. The fourth-order valence-corrected chi connectivity index (χ4v) is 6.13. The van der Waals surface area contributed by atoms with E-state index in [0.29, 0.717) is 42.1 Å². The van der Waals surface area contributed by atoms with Crippen molar-refractivity contribution in [2.45, 2.75) is 77.4 Å². The second kappa shape index (κ2) is 9.32. The van der Waals surface area contributed by atoms with Crippen molar-refractivity contribution < 1.29 is 28.5 Å². The number of allylic oxidation sites excluding steroid dienone is 1. The molecule has 3 aromatic rings. The first-order chi connectivity index (χ1) is 18.7. The molecule has 2 aliphatic rings. The van der Waals surface area contributed by atoms with Crippen LogP contribution in [-0.2, 0) is 27.7 Å². The van der Waals surface area contributed by atoms with E-state index < -0.39 is 28.8 Å². The average Bonchev–Trinajstić information content (AvgIpc) is 3.31. The van der Waals surface area contributed by atoms with Crippen LogP contribution in [0.5, 0.6) is 11.5 Å². The van der Waals surface area contributed by atoms with E-state index in [1.165, 1.54) is 0 Å². The molecule has 1 aliphatic carbocycles. The Morgan fingerprint density at radius 3 is 2.10 bits per heavy atom. The molecular weight excluding hydrogens is 508 g/mol. The lowest BCUT2D eigenvalue weighted by Crippen LogP contribution is -2.40. The fraction of sp³-hybridized carbons (Fsp3) is 0.438.